The first-order valence-corrected chi connectivity index (χ1v) is 8.87. The summed E-state index contributed by atoms with van der Waals surface area (Å²) in [7, 11) is -2.15. The Kier molecular flexibility index (Phi) is 5.23. The van der Waals surface area contributed by atoms with Crippen molar-refractivity contribution >= 4 is 31.9 Å². The van der Waals surface area contributed by atoms with Crippen LogP contribution in [-0.2, 0) is 10.0 Å². The minimum absolute atomic E-state index is 0.0778. The van der Waals surface area contributed by atoms with Gasteiger partial charge in [-0.15, -0.1) is 0 Å². The minimum atomic E-state index is -3.87. The molecular weight excluding hydrogens is 356 g/mol. The summed E-state index contributed by atoms with van der Waals surface area (Å²) >= 11 is 3.28. The number of carbonyl (C=O) groups is 1. The second kappa shape index (κ2) is 6.06. The van der Waals surface area contributed by atoms with E-state index in [0.717, 1.165) is 6.42 Å². The maximum atomic E-state index is 12.7. The fraction of sp³-hybridized carbons (Fsp3) is 0.500. The van der Waals surface area contributed by atoms with Crippen LogP contribution in [0.5, 0.6) is 0 Å². The summed E-state index contributed by atoms with van der Waals surface area (Å²) in [5, 5.41) is 5.16. The number of rotatable bonds is 4. The third kappa shape index (κ3) is 3.84. The molecule has 0 unspecified atom stereocenters. The third-order valence-corrected chi connectivity index (χ3v) is 5.67. The Morgan fingerprint density at radius 2 is 1.90 bits per heavy atom. The van der Waals surface area contributed by atoms with Gasteiger partial charge in [0, 0.05) is 22.6 Å². The summed E-state index contributed by atoms with van der Waals surface area (Å²) in [4.78, 5) is 14.2. The Balaban J connectivity index is 3.43. The summed E-state index contributed by atoms with van der Waals surface area (Å²) in [5.41, 5.74) is 0.691. The summed E-state index contributed by atoms with van der Waals surface area (Å²) in [6, 6.07) is 2.74. The molecule has 0 atom stereocenters. The molecule has 0 bridgehead atoms. The molecule has 1 rings (SSSR count). The van der Waals surface area contributed by atoms with Crippen LogP contribution in [0, 0.1) is 6.92 Å². The van der Waals surface area contributed by atoms with Gasteiger partial charge in [0.05, 0.1) is 4.90 Å². The van der Waals surface area contributed by atoms with Gasteiger partial charge in [-0.25, -0.2) is 13.6 Å². The summed E-state index contributed by atoms with van der Waals surface area (Å²) in [6.45, 7) is 7.67. The highest BCUT2D eigenvalue weighted by Crippen LogP contribution is 2.27. The first-order chi connectivity index (χ1) is 9.41. The highest BCUT2D eigenvalue weighted by molar-refractivity contribution is 9.10. The lowest BCUT2D eigenvalue weighted by molar-refractivity contribution is 0.0619. The Morgan fingerprint density at radius 3 is 2.33 bits per heavy atom. The average Bonchev–Trinajstić information content (AvgIpc) is 2.38. The van der Waals surface area contributed by atoms with Crippen molar-refractivity contribution in [3.63, 3.8) is 0 Å². The van der Waals surface area contributed by atoms with Crippen molar-refractivity contribution in [1.29, 1.82) is 0 Å². The SMILES string of the molecule is CCC(C)(C)N(C)C(=O)c1cc(S(N)(=O)=O)cc(Br)c1C. The van der Waals surface area contributed by atoms with Crippen LogP contribution in [0.25, 0.3) is 0 Å². The van der Waals surface area contributed by atoms with Crippen molar-refractivity contribution < 1.29 is 13.2 Å². The molecule has 0 saturated carbocycles. The predicted molar refractivity (Wildman–Crippen MR) is 86.7 cm³/mol. The molecule has 0 aliphatic carbocycles. The standard InChI is InChI=1S/C14H21BrN2O3S/c1-6-14(3,4)17(5)13(18)11-7-10(21(16,19)20)8-12(15)9(11)2/h7-8H,6H2,1-5H3,(H2,16,19,20). The molecular formula is C14H21BrN2O3S. The van der Waals surface area contributed by atoms with E-state index in [4.69, 9.17) is 5.14 Å². The van der Waals surface area contributed by atoms with Crippen LogP contribution in [-0.4, -0.2) is 31.8 Å². The molecule has 1 aromatic carbocycles. The minimum Gasteiger partial charge on any atom is -0.337 e. The molecule has 2 N–H and O–H groups in total. The number of nitrogens with two attached hydrogens (primary N) is 1. The molecule has 7 heteroatoms. The second-order valence-corrected chi connectivity index (χ2v) is 8.07. The van der Waals surface area contributed by atoms with Gasteiger partial charge >= 0.3 is 0 Å². The molecule has 0 saturated heterocycles. The maximum absolute atomic E-state index is 12.7. The van der Waals surface area contributed by atoms with Gasteiger partial charge in [-0.3, -0.25) is 4.79 Å². The van der Waals surface area contributed by atoms with E-state index < -0.39 is 10.0 Å². The first-order valence-electron chi connectivity index (χ1n) is 6.53. The summed E-state index contributed by atoms with van der Waals surface area (Å²) < 4.78 is 23.6. The number of primary sulfonamides is 1. The van der Waals surface area contributed by atoms with Crippen LogP contribution in [0.1, 0.15) is 43.1 Å². The van der Waals surface area contributed by atoms with Gasteiger partial charge in [-0.1, -0.05) is 22.9 Å². The molecule has 0 heterocycles. The Labute approximate surface area is 134 Å². The van der Waals surface area contributed by atoms with Crippen molar-refractivity contribution in [3.8, 4) is 0 Å². The van der Waals surface area contributed by atoms with E-state index in [1.807, 2.05) is 20.8 Å². The van der Waals surface area contributed by atoms with Gasteiger partial charge in [0.2, 0.25) is 10.0 Å². The summed E-state index contributed by atoms with van der Waals surface area (Å²) in [5.74, 6) is -0.231. The lowest BCUT2D eigenvalue weighted by Crippen LogP contribution is -2.44. The van der Waals surface area contributed by atoms with Crippen LogP contribution in [0.4, 0.5) is 0 Å². The number of nitrogens with zero attached hydrogens (tertiary/aromatic N) is 1. The molecule has 0 fully saturated rings. The zero-order valence-corrected chi connectivity index (χ0v) is 15.3. The van der Waals surface area contributed by atoms with E-state index in [-0.39, 0.29) is 16.3 Å². The predicted octanol–water partition coefficient (Wildman–Crippen LogP) is 2.67. The first kappa shape index (κ1) is 18.1. The topological polar surface area (TPSA) is 80.5 Å². The van der Waals surface area contributed by atoms with Gasteiger partial charge in [-0.2, -0.15) is 0 Å². The number of hydrogen-bond donors (Lipinski definition) is 1. The fourth-order valence-electron chi connectivity index (χ4n) is 1.73. The average molecular weight is 377 g/mol. The molecule has 0 aliphatic rings. The zero-order chi connectivity index (χ0) is 16.6. The number of sulfonamides is 1. The van der Waals surface area contributed by atoms with Gasteiger partial charge in [0.25, 0.3) is 5.91 Å². The monoisotopic (exact) mass is 376 g/mol. The maximum Gasteiger partial charge on any atom is 0.254 e. The fourth-order valence-corrected chi connectivity index (χ4v) is 2.91. The molecule has 0 aliphatic heterocycles. The van der Waals surface area contributed by atoms with Gasteiger partial charge in [0.1, 0.15) is 0 Å². The number of benzene rings is 1. The van der Waals surface area contributed by atoms with Crippen LogP contribution >= 0.6 is 15.9 Å². The summed E-state index contributed by atoms with van der Waals surface area (Å²) in [6.07, 6.45) is 0.782. The highest BCUT2D eigenvalue weighted by atomic mass is 79.9. The molecule has 0 radical (unpaired) electrons. The van der Waals surface area contributed by atoms with Crippen molar-refractivity contribution in [2.45, 2.75) is 44.6 Å². The van der Waals surface area contributed by atoms with Gasteiger partial charge in [-0.05, 0) is 44.9 Å². The Morgan fingerprint density at radius 1 is 1.38 bits per heavy atom. The quantitative estimate of drug-likeness (QED) is 0.876. The molecule has 5 nitrogen and oxygen atoms in total. The Bertz CT molecular complexity index is 669. The van der Waals surface area contributed by atoms with Gasteiger partial charge < -0.3 is 4.90 Å². The second-order valence-electron chi connectivity index (χ2n) is 5.65. The van der Waals surface area contributed by atoms with Crippen LogP contribution in [0.15, 0.2) is 21.5 Å². The number of carbonyl (C=O) groups excluding carboxylic acids is 1. The van der Waals surface area contributed by atoms with Crippen molar-refractivity contribution in [3.05, 3.63) is 27.7 Å². The smallest absolute Gasteiger partial charge is 0.254 e. The molecule has 21 heavy (non-hydrogen) atoms. The van der Waals surface area contributed by atoms with Crippen molar-refractivity contribution in [2.75, 3.05) is 7.05 Å². The number of hydrogen-bond acceptors (Lipinski definition) is 3. The van der Waals surface area contributed by atoms with Gasteiger partial charge in [0.15, 0.2) is 0 Å². The lowest BCUT2D eigenvalue weighted by Gasteiger charge is -2.35. The molecule has 118 valence electrons. The molecule has 0 spiro atoms. The third-order valence-electron chi connectivity index (χ3n) is 3.95. The van der Waals surface area contributed by atoms with Crippen LogP contribution < -0.4 is 5.14 Å². The van der Waals surface area contributed by atoms with E-state index in [1.54, 1.807) is 18.9 Å². The molecule has 0 aromatic heterocycles. The molecule has 1 amide bonds. The normalized spacial score (nSPS) is 12.3. The number of amides is 1. The molecule has 1 aromatic rings. The lowest BCUT2D eigenvalue weighted by atomic mass is 9.98. The Hall–Kier alpha value is -0.920. The largest absolute Gasteiger partial charge is 0.337 e. The van der Waals surface area contributed by atoms with E-state index >= 15 is 0 Å². The van der Waals surface area contributed by atoms with Crippen LogP contribution in [0.2, 0.25) is 0 Å². The number of halogens is 1. The van der Waals surface area contributed by atoms with E-state index in [1.165, 1.54) is 12.1 Å². The van der Waals surface area contributed by atoms with Crippen LogP contribution in [0.3, 0.4) is 0 Å². The van der Waals surface area contributed by atoms with E-state index in [9.17, 15) is 13.2 Å². The van der Waals surface area contributed by atoms with E-state index in [2.05, 4.69) is 15.9 Å². The highest BCUT2D eigenvalue weighted by Gasteiger charge is 2.28. The van der Waals surface area contributed by atoms with E-state index in [0.29, 0.717) is 15.6 Å². The zero-order valence-electron chi connectivity index (χ0n) is 12.9. The van der Waals surface area contributed by atoms with Crippen molar-refractivity contribution in [2.24, 2.45) is 5.14 Å². The van der Waals surface area contributed by atoms with Crippen molar-refractivity contribution in [1.82, 2.24) is 4.90 Å².